The maximum absolute atomic E-state index is 12.1. The number of rotatable bonds is 5. The second kappa shape index (κ2) is 8.16. The Labute approximate surface area is 148 Å². The highest BCUT2D eigenvalue weighted by molar-refractivity contribution is 5.88. The van der Waals surface area contributed by atoms with Gasteiger partial charge in [0.05, 0.1) is 12.1 Å². The van der Waals surface area contributed by atoms with Crippen molar-refractivity contribution in [3.63, 3.8) is 0 Å². The third-order valence-corrected chi connectivity index (χ3v) is 4.84. The number of hydrogen-bond acceptors (Lipinski definition) is 3. The van der Waals surface area contributed by atoms with Crippen LogP contribution in [-0.4, -0.2) is 33.6 Å². The van der Waals surface area contributed by atoms with E-state index in [0.717, 1.165) is 31.2 Å². The molecule has 1 aliphatic carbocycles. The lowest BCUT2D eigenvalue weighted by atomic mass is 9.87. The Balaban J connectivity index is 1.50. The number of aliphatic hydroxyl groups is 1. The summed E-state index contributed by atoms with van der Waals surface area (Å²) in [5.41, 5.74) is 1.16. The van der Waals surface area contributed by atoms with Gasteiger partial charge in [-0.05, 0) is 37.7 Å². The average molecular weight is 342 g/mol. The summed E-state index contributed by atoms with van der Waals surface area (Å²) in [4.78, 5) is 12.1. The van der Waals surface area contributed by atoms with Crippen LogP contribution in [0.15, 0.2) is 42.6 Å². The van der Waals surface area contributed by atoms with Crippen molar-refractivity contribution in [3.8, 4) is 0 Å². The largest absolute Gasteiger partial charge is 0.393 e. The van der Waals surface area contributed by atoms with Crippen LogP contribution < -0.4 is 10.6 Å². The molecule has 25 heavy (non-hydrogen) atoms. The summed E-state index contributed by atoms with van der Waals surface area (Å²) < 4.78 is 1.84. The lowest BCUT2D eigenvalue weighted by molar-refractivity contribution is 0.101. The number of urea groups is 1. The fraction of sp³-hybridized carbons (Fsp3) is 0.474. The van der Waals surface area contributed by atoms with Crippen molar-refractivity contribution in [1.82, 2.24) is 15.1 Å². The molecule has 1 aliphatic rings. The zero-order valence-corrected chi connectivity index (χ0v) is 14.6. The molecular weight excluding hydrogens is 316 g/mol. The molecule has 1 saturated carbocycles. The molecule has 1 heterocycles. The van der Waals surface area contributed by atoms with Gasteiger partial charge < -0.3 is 10.4 Å². The zero-order valence-electron chi connectivity index (χ0n) is 14.6. The predicted octanol–water partition coefficient (Wildman–Crippen LogP) is 3.17. The summed E-state index contributed by atoms with van der Waals surface area (Å²) in [5.74, 6) is 0.883. The van der Waals surface area contributed by atoms with Crippen LogP contribution in [0.4, 0.5) is 10.6 Å². The molecule has 1 fully saturated rings. The van der Waals surface area contributed by atoms with Gasteiger partial charge in [-0.3, -0.25) is 10.00 Å². The summed E-state index contributed by atoms with van der Waals surface area (Å²) in [5, 5.41) is 19.8. The first kappa shape index (κ1) is 17.5. The minimum absolute atomic E-state index is 0.100. The molecule has 3 unspecified atom stereocenters. The van der Waals surface area contributed by atoms with Crippen molar-refractivity contribution < 1.29 is 9.90 Å². The lowest BCUT2D eigenvalue weighted by Gasteiger charge is -2.25. The summed E-state index contributed by atoms with van der Waals surface area (Å²) in [7, 11) is 0. The fourth-order valence-electron chi connectivity index (χ4n) is 3.35. The Hall–Kier alpha value is -2.34. The van der Waals surface area contributed by atoms with Gasteiger partial charge in [0.1, 0.15) is 0 Å². The van der Waals surface area contributed by atoms with Gasteiger partial charge in [-0.15, -0.1) is 0 Å². The average Bonchev–Trinajstić information content (AvgIpc) is 3.08. The van der Waals surface area contributed by atoms with E-state index in [4.69, 9.17) is 0 Å². The number of hydrogen-bond donors (Lipinski definition) is 3. The molecule has 1 aromatic heterocycles. The van der Waals surface area contributed by atoms with E-state index in [9.17, 15) is 9.90 Å². The first-order chi connectivity index (χ1) is 12.1. The van der Waals surface area contributed by atoms with Crippen LogP contribution in [0.5, 0.6) is 0 Å². The summed E-state index contributed by atoms with van der Waals surface area (Å²) >= 11 is 0. The number of carbonyl (C=O) groups is 1. The normalized spacial score (nSPS) is 21.5. The third-order valence-electron chi connectivity index (χ3n) is 4.84. The Kier molecular flexibility index (Phi) is 5.71. The molecule has 6 heteroatoms. The molecule has 3 N–H and O–H groups in total. The topological polar surface area (TPSA) is 79.2 Å². The van der Waals surface area contributed by atoms with Crippen molar-refractivity contribution in [1.29, 1.82) is 0 Å². The van der Waals surface area contributed by atoms with Gasteiger partial charge in [0.2, 0.25) is 0 Å². The summed E-state index contributed by atoms with van der Waals surface area (Å²) in [6, 6.07) is 11.8. The number of aliphatic hydroxyl groups excluding tert-OH is 1. The Morgan fingerprint density at radius 2 is 2.12 bits per heavy atom. The van der Waals surface area contributed by atoms with Crippen molar-refractivity contribution in [3.05, 3.63) is 48.2 Å². The molecule has 0 bridgehead atoms. The first-order valence-electron chi connectivity index (χ1n) is 8.95. The van der Waals surface area contributed by atoms with Crippen molar-refractivity contribution in [2.75, 3.05) is 11.9 Å². The Morgan fingerprint density at radius 3 is 2.88 bits per heavy atom. The molecule has 3 rings (SSSR count). The second-order valence-electron chi connectivity index (χ2n) is 6.79. The molecule has 0 saturated heterocycles. The van der Waals surface area contributed by atoms with Crippen LogP contribution in [0.25, 0.3) is 0 Å². The van der Waals surface area contributed by atoms with Crippen molar-refractivity contribution >= 4 is 11.8 Å². The number of amides is 2. The van der Waals surface area contributed by atoms with E-state index in [-0.39, 0.29) is 18.2 Å². The number of benzene rings is 1. The van der Waals surface area contributed by atoms with Crippen LogP contribution in [0.2, 0.25) is 0 Å². The van der Waals surface area contributed by atoms with Gasteiger partial charge in [-0.1, -0.05) is 36.8 Å². The zero-order chi connectivity index (χ0) is 17.6. The second-order valence-corrected chi connectivity index (χ2v) is 6.79. The van der Waals surface area contributed by atoms with Gasteiger partial charge in [0.15, 0.2) is 5.82 Å². The minimum Gasteiger partial charge on any atom is -0.393 e. The number of anilines is 1. The number of nitrogens with zero attached hydrogens (tertiary/aromatic N) is 2. The van der Waals surface area contributed by atoms with E-state index in [2.05, 4.69) is 34.8 Å². The SMILES string of the molecule is CC(c1ccccc1)n1ccc(NC(=O)NCC2CCCC(O)C2)n1. The molecule has 2 aromatic rings. The highest BCUT2D eigenvalue weighted by atomic mass is 16.3. The molecule has 1 aromatic carbocycles. The van der Waals surface area contributed by atoms with Crippen LogP contribution in [0.3, 0.4) is 0 Å². The van der Waals surface area contributed by atoms with Crippen LogP contribution in [0, 0.1) is 5.92 Å². The molecule has 3 atom stereocenters. The molecule has 2 amide bonds. The third kappa shape index (κ3) is 4.82. The predicted molar refractivity (Wildman–Crippen MR) is 97.5 cm³/mol. The van der Waals surface area contributed by atoms with Crippen LogP contribution in [0.1, 0.15) is 44.2 Å². The molecule has 0 radical (unpaired) electrons. The van der Waals surface area contributed by atoms with E-state index in [0.29, 0.717) is 18.3 Å². The molecule has 0 spiro atoms. The van der Waals surface area contributed by atoms with Crippen LogP contribution >= 0.6 is 0 Å². The maximum atomic E-state index is 12.1. The standard InChI is InChI=1S/C19H26N4O2/c1-14(16-7-3-2-4-8-16)23-11-10-18(22-23)21-19(25)20-13-15-6-5-9-17(24)12-15/h2-4,7-8,10-11,14-15,17,24H,5-6,9,12-13H2,1H3,(H2,20,21,22,25). The van der Waals surface area contributed by atoms with E-state index >= 15 is 0 Å². The highest BCUT2D eigenvalue weighted by Crippen LogP contribution is 2.23. The lowest BCUT2D eigenvalue weighted by Crippen LogP contribution is -2.35. The monoisotopic (exact) mass is 342 g/mol. The van der Waals surface area contributed by atoms with Crippen LogP contribution in [-0.2, 0) is 0 Å². The summed E-state index contributed by atoms with van der Waals surface area (Å²) in [6.45, 7) is 2.66. The minimum atomic E-state index is -0.252. The van der Waals surface area contributed by atoms with E-state index < -0.39 is 0 Å². The summed E-state index contributed by atoms with van der Waals surface area (Å²) in [6.07, 6.45) is 5.37. The smallest absolute Gasteiger partial charge is 0.320 e. The van der Waals surface area contributed by atoms with E-state index in [1.807, 2.05) is 29.1 Å². The Bertz CT molecular complexity index is 686. The fourth-order valence-corrected chi connectivity index (χ4v) is 3.35. The maximum Gasteiger partial charge on any atom is 0.320 e. The number of carbonyl (C=O) groups excluding carboxylic acids is 1. The number of aromatic nitrogens is 2. The van der Waals surface area contributed by atoms with E-state index in [1.54, 1.807) is 6.07 Å². The molecular formula is C19H26N4O2. The molecule has 134 valence electrons. The van der Waals surface area contributed by atoms with Gasteiger partial charge in [0, 0.05) is 18.8 Å². The van der Waals surface area contributed by atoms with Gasteiger partial charge in [-0.25, -0.2) is 4.79 Å². The molecule has 0 aliphatic heterocycles. The quantitative estimate of drug-likeness (QED) is 0.781. The number of nitrogens with one attached hydrogen (secondary N) is 2. The van der Waals surface area contributed by atoms with Gasteiger partial charge in [-0.2, -0.15) is 5.10 Å². The van der Waals surface area contributed by atoms with Gasteiger partial charge in [0.25, 0.3) is 0 Å². The van der Waals surface area contributed by atoms with Gasteiger partial charge >= 0.3 is 6.03 Å². The van der Waals surface area contributed by atoms with Crippen molar-refractivity contribution in [2.45, 2.75) is 44.8 Å². The first-order valence-corrected chi connectivity index (χ1v) is 8.95. The van der Waals surface area contributed by atoms with Crippen molar-refractivity contribution in [2.24, 2.45) is 5.92 Å². The Morgan fingerprint density at radius 1 is 1.32 bits per heavy atom. The molecule has 6 nitrogen and oxygen atoms in total. The van der Waals surface area contributed by atoms with E-state index in [1.165, 1.54) is 0 Å². The highest BCUT2D eigenvalue weighted by Gasteiger charge is 2.20.